The number of carbonyl (C=O) groups is 2. The summed E-state index contributed by atoms with van der Waals surface area (Å²) < 4.78 is 17.8. The fourth-order valence-corrected chi connectivity index (χ4v) is 2.46. The van der Waals surface area contributed by atoms with E-state index < -0.39 is 17.7 Å². The lowest BCUT2D eigenvalue weighted by atomic mass is 9.96. The number of ether oxygens (including phenoxy) is 1. The Kier molecular flexibility index (Phi) is 6.35. The smallest absolute Gasteiger partial charge is 0.311 e. The van der Waals surface area contributed by atoms with E-state index in [-0.39, 0.29) is 18.9 Å². The molecule has 1 aliphatic rings. The van der Waals surface area contributed by atoms with Crippen molar-refractivity contribution in [2.45, 2.75) is 19.8 Å². The van der Waals surface area contributed by atoms with Crippen molar-refractivity contribution in [2.24, 2.45) is 16.0 Å². The number of aliphatic hydroxyl groups is 1. The Balaban J connectivity index is 2.31. The second-order valence-electron chi connectivity index (χ2n) is 5.50. The zero-order valence-electron chi connectivity index (χ0n) is 14.1. The minimum atomic E-state index is -0.775. The SMILES string of the molecule is COC(=O)CC1=NN(c2ccc(F)cc2)C(=O)C1C(C)=NCCCO. The number of hydrazone groups is 1. The van der Waals surface area contributed by atoms with Crippen LogP contribution < -0.4 is 5.01 Å². The maximum Gasteiger partial charge on any atom is 0.311 e. The molecule has 2 rings (SSSR count). The molecular weight excluding hydrogens is 329 g/mol. The van der Waals surface area contributed by atoms with Crippen molar-refractivity contribution in [1.82, 2.24) is 0 Å². The number of benzene rings is 1. The van der Waals surface area contributed by atoms with Gasteiger partial charge in [-0.05, 0) is 37.6 Å². The Labute approximate surface area is 144 Å². The van der Waals surface area contributed by atoms with Crippen LogP contribution in [-0.4, -0.2) is 48.7 Å². The average molecular weight is 349 g/mol. The van der Waals surface area contributed by atoms with Crippen LogP contribution in [0.1, 0.15) is 19.8 Å². The lowest BCUT2D eigenvalue weighted by molar-refractivity contribution is -0.139. The number of hydrogen-bond acceptors (Lipinski definition) is 6. The Morgan fingerprint density at radius 1 is 1.40 bits per heavy atom. The summed E-state index contributed by atoms with van der Waals surface area (Å²) in [5, 5.41) is 14.2. The monoisotopic (exact) mass is 349 g/mol. The number of rotatable bonds is 7. The number of carbonyl (C=O) groups excluding carboxylic acids is 2. The van der Waals surface area contributed by atoms with E-state index in [2.05, 4.69) is 14.8 Å². The summed E-state index contributed by atoms with van der Waals surface area (Å²) in [5.41, 5.74) is 1.23. The predicted molar refractivity (Wildman–Crippen MR) is 91.1 cm³/mol. The van der Waals surface area contributed by atoms with Gasteiger partial charge in [0.1, 0.15) is 11.7 Å². The lowest BCUT2D eigenvalue weighted by Crippen LogP contribution is -2.33. The molecule has 1 amide bonds. The standard InChI is InChI=1S/C17H20FN3O4/c1-11(19-8-3-9-22)16-14(10-15(23)25-2)20-21(17(16)24)13-6-4-12(18)5-7-13/h4-7,16,22H,3,8-10H2,1-2H3. The Bertz CT molecular complexity index is 700. The van der Waals surface area contributed by atoms with Gasteiger partial charge in [-0.15, -0.1) is 0 Å². The molecule has 25 heavy (non-hydrogen) atoms. The third kappa shape index (κ3) is 4.48. The number of hydrogen-bond donors (Lipinski definition) is 1. The van der Waals surface area contributed by atoms with E-state index in [1.165, 1.54) is 31.4 Å². The summed E-state index contributed by atoms with van der Waals surface area (Å²) in [4.78, 5) is 28.7. The van der Waals surface area contributed by atoms with Gasteiger partial charge in [0.25, 0.3) is 5.91 Å². The molecule has 1 aromatic rings. The number of methoxy groups -OCH3 is 1. The van der Waals surface area contributed by atoms with E-state index in [1.54, 1.807) is 6.92 Å². The summed E-state index contributed by atoms with van der Waals surface area (Å²) in [6, 6.07) is 5.33. The number of nitrogens with zero attached hydrogens (tertiary/aromatic N) is 3. The molecule has 0 bridgehead atoms. The van der Waals surface area contributed by atoms with Gasteiger partial charge in [0, 0.05) is 18.9 Å². The lowest BCUT2D eigenvalue weighted by Gasteiger charge is -2.14. The van der Waals surface area contributed by atoms with Gasteiger partial charge in [-0.2, -0.15) is 10.1 Å². The van der Waals surface area contributed by atoms with Crippen molar-refractivity contribution < 1.29 is 23.8 Å². The highest BCUT2D eigenvalue weighted by Gasteiger charge is 2.39. The third-order valence-corrected chi connectivity index (χ3v) is 3.74. The molecule has 0 saturated heterocycles. The van der Waals surface area contributed by atoms with Crippen molar-refractivity contribution >= 4 is 29.0 Å². The first kappa shape index (κ1) is 18.7. The number of anilines is 1. The van der Waals surface area contributed by atoms with Crippen LogP contribution >= 0.6 is 0 Å². The van der Waals surface area contributed by atoms with Crippen molar-refractivity contribution in [3.05, 3.63) is 30.1 Å². The van der Waals surface area contributed by atoms with Crippen LogP contribution in [0.5, 0.6) is 0 Å². The summed E-state index contributed by atoms with van der Waals surface area (Å²) in [5.74, 6) is -2.08. The van der Waals surface area contributed by atoms with Gasteiger partial charge in [0.15, 0.2) is 0 Å². The topological polar surface area (TPSA) is 91.6 Å². The Morgan fingerprint density at radius 2 is 2.08 bits per heavy atom. The van der Waals surface area contributed by atoms with Gasteiger partial charge in [-0.1, -0.05) is 0 Å². The van der Waals surface area contributed by atoms with Crippen LogP contribution in [0.3, 0.4) is 0 Å². The van der Waals surface area contributed by atoms with Crippen LogP contribution in [0.25, 0.3) is 0 Å². The van der Waals surface area contributed by atoms with E-state index in [0.717, 1.165) is 5.01 Å². The highest BCUT2D eigenvalue weighted by molar-refractivity contribution is 6.30. The number of esters is 1. The zero-order chi connectivity index (χ0) is 18.4. The molecule has 7 nitrogen and oxygen atoms in total. The van der Waals surface area contributed by atoms with E-state index in [4.69, 9.17) is 5.11 Å². The largest absolute Gasteiger partial charge is 0.469 e. The molecule has 134 valence electrons. The molecule has 0 aliphatic carbocycles. The van der Waals surface area contributed by atoms with Gasteiger partial charge in [0.05, 0.1) is 24.9 Å². The van der Waals surface area contributed by atoms with Crippen LogP contribution in [0.4, 0.5) is 10.1 Å². The molecule has 1 heterocycles. The van der Waals surface area contributed by atoms with E-state index in [1.807, 2.05) is 0 Å². The number of halogens is 1. The predicted octanol–water partition coefficient (Wildman–Crippen LogP) is 1.55. The van der Waals surface area contributed by atoms with Crippen LogP contribution in [0.2, 0.25) is 0 Å². The van der Waals surface area contributed by atoms with Crippen molar-refractivity contribution in [1.29, 1.82) is 0 Å². The fourth-order valence-electron chi connectivity index (χ4n) is 2.46. The molecule has 1 aromatic carbocycles. The molecule has 8 heteroatoms. The molecular formula is C17H20FN3O4. The molecule has 0 spiro atoms. The molecule has 0 saturated carbocycles. The fraction of sp³-hybridized carbons (Fsp3) is 0.412. The van der Waals surface area contributed by atoms with Gasteiger partial charge < -0.3 is 9.84 Å². The second-order valence-corrected chi connectivity index (χ2v) is 5.50. The van der Waals surface area contributed by atoms with Crippen LogP contribution in [0.15, 0.2) is 34.4 Å². The van der Waals surface area contributed by atoms with Gasteiger partial charge in [-0.3, -0.25) is 14.6 Å². The van der Waals surface area contributed by atoms with Gasteiger partial charge in [0.2, 0.25) is 0 Å². The van der Waals surface area contributed by atoms with Crippen molar-refractivity contribution in [2.75, 3.05) is 25.3 Å². The molecule has 0 fully saturated rings. The third-order valence-electron chi connectivity index (χ3n) is 3.74. The molecule has 1 N–H and O–H groups in total. The highest BCUT2D eigenvalue weighted by atomic mass is 19.1. The van der Waals surface area contributed by atoms with E-state index in [0.29, 0.717) is 30.1 Å². The van der Waals surface area contributed by atoms with Crippen LogP contribution in [0, 0.1) is 11.7 Å². The number of aliphatic hydroxyl groups excluding tert-OH is 1. The normalized spacial score (nSPS) is 17.7. The van der Waals surface area contributed by atoms with Crippen molar-refractivity contribution in [3.8, 4) is 0 Å². The van der Waals surface area contributed by atoms with E-state index >= 15 is 0 Å². The minimum absolute atomic E-state index is 0.000203. The first-order valence-corrected chi connectivity index (χ1v) is 7.83. The molecule has 1 aliphatic heterocycles. The zero-order valence-corrected chi connectivity index (χ0v) is 14.1. The summed E-state index contributed by atoms with van der Waals surface area (Å²) in [6.07, 6.45) is 0.334. The first-order chi connectivity index (χ1) is 12.0. The summed E-state index contributed by atoms with van der Waals surface area (Å²) >= 11 is 0. The molecule has 1 atom stereocenters. The quantitative estimate of drug-likeness (QED) is 0.459. The average Bonchev–Trinajstić information content (AvgIpc) is 2.91. The molecule has 1 unspecified atom stereocenters. The second kappa shape index (κ2) is 8.48. The van der Waals surface area contributed by atoms with E-state index in [9.17, 15) is 14.0 Å². The summed E-state index contributed by atoms with van der Waals surface area (Å²) in [7, 11) is 1.26. The number of amides is 1. The maximum atomic E-state index is 13.1. The maximum absolute atomic E-state index is 13.1. The molecule has 0 aromatic heterocycles. The van der Waals surface area contributed by atoms with Crippen molar-refractivity contribution in [3.63, 3.8) is 0 Å². The number of aliphatic imine (C=N–C) groups is 1. The molecule has 0 radical (unpaired) electrons. The van der Waals surface area contributed by atoms with Crippen LogP contribution in [-0.2, 0) is 14.3 Å². The first-order valence-electron chi connectivity index (χ1n) is 7.83. The van der Waals surface area contributed by atoms with Gasteiger partial charge in [-0.25, -0.2) is 4.39 Å². The Morgan fingerprint density at radius 3 is 2.68 bits per heavy atom. The highest BCUT2D eigenvalue weighted by Crippen LogP contribution is 2.26. The van der Waals surface area contributed by atoms with Gasteiger partial charge >= 0.3 is 5.97 Å². The Hall–Kier alpha value is -2.61. The summed E-state index contributed by atoms with van der Waals surface area (Å²) in [6.45, 7) is 2.05. The minimum Gasteiger partial charge on any atom is -0.469 e.